The molecule has 118 valence electrons. The third-order valence-electron chi connectivity index (χ3n) is 3.35. The zero-order chi connectivity index (χ0) is 15.5. The minimum absolute atomic E-state index is 0.589. The Bertz CT molecular complexity index is 528. The number of hydrogen-bond acceptors (Lipinski definition) is 3. The van der Waals surface area contributed by atoms with Crippen LogP contribution in [0.1, 0.15) is 18.9 Å². The molecule has 22 heavy (non-hydrogen) atoms. The zero-order valence-corrected chi connectivity index (χ0v) is 13.3. The number of nitrogens with one attached hydrogen (secondary N) is 1. The summed E-state index contributed by atoms with van der Waals surface area (Å²) < 4.78 is 10.9. The predicted molar refractivity (Wildman–Crippen MR) is 91.7 cm³/mol. The van der Waals surface area contributed by atoms with Crippen molar-refractivity contribution < 1.29 is 9.47 Å². The largest absolute Gasteiger partial charge is 0.491 e. The Morgan fingerprint density at radius 3 is 2.64 bits per heavy atom. The average molecular weight is 299 g/mol. The van der Waals surface area contributed by atoms with Gasteiger partial charge in [-0.25, -0.2) is 0 Å². The topological polar surface area (TPSA) is 30.5 Å². The monoisotopic (exact) mass is 299 g/mol. The maximum atomic E-state index is 5.66. The molecule has 2 aromatic carbocycles. The van der Waals surface area contributed by atoms with Crippen molar-refractivity contribution in [3.63, 3.8) is 0 Å². The number of ether oxygens (including phenoxy) is 2. The van der Waals surface area contributed by atoms with Gasteiger partial charge in [0, 0.05) is 24.9 Å². The molecule has 3 nitrogen and oxygen atoms in total. The highest BCUT2D eigenvalue weighted by Gasteiger charge is 1.97. The van der Waals surface area contributed by atoms with E-state index >= 15 is 0 Å². The van der Waals surface area contributed by atoms with Crippen LogP contribution in [0.3, 0.4) is 0 Å². The molecule has 3 heteroatoms. The second-order valence-electron chi connectivity index (χ2n) is 5.09. The van der Waals surface area contributed by atoms with Crippen LogP contribution >= 0.6 is 0 Å². The highest BCUT2D eigenvalue weighted by atomic mass is 16.5. The lowest BCUT2D eigenvalue weighted by Gasteiger charge is -2.10. The molecule has 0 spiro atoms. The summed E-state index contributed by atoms with van der Waals surface area (Å²) in [6.07, 6.45) is 2.21. The van der Waals surface area contributed by atoms with E-state index in [4.69, 9.17) is 9.47 Å². The molecule has 0 saturated carbocycles. The van der Waals surface area contributed by atoms with Gasteiger partial charge < -0.3 is 14.8 Å². The first kappa shape index (κ1) is 16.4. The third kappa shape index (κ3) is 6.19. The van der Waals surface area contributed by atoms with Gasteiger partial charge in [0.05, 0.1) is 6.61 Å². The van der Waals surface area contributed by atoms with Crippen LogP contribution in [0.2, 0.25) is 0 Å². The van der Waals surface area contributed by atoms with E-state index in [0.29, 0.717) is 13.2 Å². The van der Waals surface area contributed by atoms with E-state index < -0.39 is 0 Å². The van der Waals surface area contributed by atoms with Gasteiger partial charge in [-0.15, -0.1) is 0 Å². The van der Waals surface area contributed by atoms with Gasteiger partial charge in [-0.2, -0.15) is 0 Å². The van der Waals surface area contributed by atoms with E-state index in [-0.39, 0.29) is 0 Å². The second kappa shape index (κ2) is 9.85. The first-order chi connectivity index (χ1) is 10.9. The Morgan fingerprint density at radius 2 is 1.82 bits per heavy atom. The lowest BCUT2D eigenvalue weighted by molar-refractivity contribution is 0.110. The number of hydrogen-bond donors (Lipinski definition) is 1. The fourth-order valence-corrected chi connectivity index (χ4v) is 2.23. The van der Waals surface area contributed by atoms with Crippen LogP contribution in [-0.4, -0.2) is 26.4 Å². The average Bonchev–Trinajstić information content (AvgIpc) is 2.57. The zero-order valence-electron chi connectivity index (χ0n) is 13.3. The Kier molecular flexibility index (Phi) is 7.33. The van der Waals surface area contributed by atoms with Gasteiger partial charge in [0.15, 0.2) is 0 Å². The molecule has 0 radical (unpaired) electrons. The Hall–Kier alpha value is -2.00. The second-order valence-corrected chi connectivity index (χ2v) is 5.09. The SMILES string of the molecule is CCOCCOc1cccc(NCCCc2ccccc2)c1. The third-order valence-corrected chi connectivity index (χ3v) is 3.35. The summed E-state index contributed by atoms with van der Waals surface area (Å²) in [5.74, 6) is 0.882. The van der Waals surface area contributed by atoms with Gasteiger partial charge in [0.1, 0.15) is 12.4 Å². The molecule has 0 fully saturated rings. The molecule has 0 bridgehead atoms. The molecule has 0 aromatic heterocycles. The maximum absolute atomic E-state index is 5.66. The van der Waals surface area contributed by atoms with Gasteiger partial charge in [0.25, 0.3) is 0 Å². The van der Waals surface area contributed by atoms with Crippen molar-refractivity contribution in [3.05, 3.63) is 60.2 Å². The van der Waals surface area contributed by atoms with Gasteiger partial charge in [-0.05, 0) is 37.5 Å². The number of anilines is 1. The number of rotatable bonds is 10. The van der Waals surface area contributed by atoms with Crippen LogP contribution in [0.4, 0.5) is 5.69 Å². The van der Waals surface area contributed by atoms with Crippen molar-refractivity contribution in [2.45, 2.75) is 19.8 Å². The Morgan fingerprint density at radius 1 is 0.955 bits per heavy atom. The smallest absolute Gasteiger partial charge is 0.121 e. The van der Waals surface area contributed by atoms with Gasteiger partial charge in [-0.3, -0.25) is 0 Å². The quantitative estimate of drug-likeness (QED) is 0.669. The standard InChI is InChI=1S/C19H25NO2/c1-2-21-14-15-22-19-12-6-11-18(16-19)20-13-7-10-17-8-4-3-5-9-17/h3-6,8-9,11-12,16,20H,2,7,10,13-15H2,1H3. The van der Waals surface area contributed by atoms with E-state index in [2.05, 4.69) is 41.7 Å². The molecule has 0 aliphatic heterocycles. The van der Waals surface area contributed by atoms with Crippen molar-refractivity contribution in [3.8, 4) is 5.75 Å². The van der Waals surface area contributed by atoms with Crippen molar-refractivity contribution in [1.82, 2.24) is 0 Å². The maximum Gasteiger partial charge on any atom is 0.121 e. The lowest BCUT2D eigenvalue weighted by atomic mass is 10.1. The Balaban J connectivity index is 1.69. The molecule has 2 aromatic rings. The number of benzene rings is 2. The van der Waals surface area contributed by atoms with Crippen LogP contribution in [0, 0.1) is 0 Å². The van der Waals surface area contributed by atoms with E-state index in [1.807, 2.05) is 25.1 Å². The summed E-state index contributed by atoms with van der Waals surface area (Å²) >= 11 is 0. The molecule has 1 N–H and O–H groups in total. The minimum Gasteiger partial charge on any atom is -0.491 e. The van der Waals surface area contributed by atoms with Gasteiger partial charge in [-0.1, -0.05) is 36.4 Å². The molecule has 0 aliphatic rings. The van der Waals surface area contributed by atoms with Gasteiger partial charge >= 0.3 is 0 Å². The van der Waals surface area contributed by atoms with E-state index in [1.165, 1.54) is 5.56 Å². The van der Waals surface area contributed by atoms with Crippen molar-refractivity contribution in [2.75, 3.05) is 31.7 Å². The molecular formula is C19H25NO2. The lowest BCUT2D eigenvalue weighted by Crippen LogP contribution is -2.07. The van der Waals surface area contributed by atoms with Crippen molar-refractivity contribution in [1.29, 1.82) is 0 Å². The molecule has 0 aliphatic carbocycles. The van der Waals surface area contributed by atoms with E-state index in [0.717, 1.165) is 37.4 Å². The fraction of sp³-hybridized carbons (Fsp3) is 0.368. The molecule has 0 heterocycles. The molecule has 2 rings (SSSR count). The summed E-state index contributed by atoms with van der Waals surface area (Å²) in [5, 5.41) is 3.45. The molecule has 0 amide bonds. The fourth-order valence-electron chi connectivity index (χ4n) is 2.23. The van der Waals surface area contributed by atoms with E-state index in [9.17, 15) is 0 Å². The predicted octanol–water partition coefficient (Wildman–Crippen LogP) is 4.15. The first-order valence-electron chi connectivity index (χ1n) is 7.97. The molecular weight excluding hydrogens is 274 g/mol. The molecule has 0 atom stereocenters. The minimum atomic E-state index is 0.589. The van der Waals surface area contributed by atoms with Crippen molar-refractivity contribution >= 4 is 5.69 Å². The summed E-state index contributed by atoms with van der Waals surface area (Å²) in [6.45, 7) is 4.89. The van der Waals surface area contributed by atoms with Gasteiger partial charge in [0.2, 0.25) is 0 Å². The summed E-state index contributed by atoms with van der Waals surface area (Å²) in [4.78, 5) is 0. The molecule has 0 unspecified atom stereocenters. The summed E-state index contributed by atoms with van der Waals surface area (Å²) in [5.41, 5.74) is 2.49. The molecule has 0 saturated heterocycles. The highest BCUT2D eigenvalue weighted by molar-refractivity contribution is 5.48. The highest BCUT2D eigenvalue weighted by Crippen LogP contribution is 2.17. The first-order valence-corrected chi connectivity index (χ1v) is 7.97. The Labute approximate surface area is 133 Å². The summed E-state index contributed by atoms with van der Waals surface area (Å²) in [6, 6.07) is 18.7. The number of aryl methyl sites for hydroxylation is 1. The van der Waals surface area contributed by atoms with Crippen LogP contribution in [0.25, 0.3) is 0 Å². The van der Waals surface area contributed by atoms with E-state index in [1.54, 1.807) is 0 Å². The normalized spacial score (nSPS) is 10.4. The van der Waals surface area contributed by atoms with Crippen LogP contribution in [-0.2, 0) is 11.2 Å². The van der Waals surface area contributed by atoms with Crippen LogP contribution in [0.15, 0.2) is 54.6 Å². The van der Waals surface area contributed by atoms with Crippen LogP contribution < -0.4 is 10.1 Å². The van der Waals surface area contributed by atoms with Crippen LogP contribution in [0.5, 0.6) is 5.75 Å². The summed E-state index contributed by atoms with van der Waals surface area (Å²) in [7, 11) is 0. The van der Waals surface area contributed by atoms with Crippen molar-refractivity contribution in [2.24, 2.45) is 0 Å².